The van der Waals surface area contributed by atoms with E-state index in [9.17, 15) is 4.21 Å². The van der Waals surface area contributed by atoms with E-state index < -0.39 is 10.8 Å². The van der Waals surface area contributed by atoms with E-state index >= 15 is 0 Å². The SMILES string of the molecule is CCNC(CS(=O)CCCOC)c1ccc(C)cc1C. The summed E-state index contributed by atoms with van der Waals surface area (Å²) in [5.41, 5.74) is 3.80. The Labute approximate surface area is 125 Å². The second-order valence-electron chi connectivity index (χ2n) is 5.13. The Kier molecular flexibility index (Phi) is 8.04. The Morgan fingerprint density at radius 3 is 2.70 bits per heavy atom. The zero-order chi connectivity index (χ0) is 15.0. The van der Waals surface area contributed by atoms with Gasteiger partial charge in [-0.3, -0.25) is 4.21 Å². The largest absolute Gasteiger partial charge is 0.385 e. The fourth-order valence-corrected chi connectivity index (χ4v) is 3.63. The van der Waals surface area contributed by atoms with E-state index in [1.54, 1.807) is 7.11 Å². The number of nitrogens with one attached hydrogen (secondary N) is 1. The number of benzene rings is 1. The summed E-state index contributed by atoms with van der Waals surface area (Å²) in [4.78, 5) is 0. The molecule has 0 bridgehead atoms. The van der Waals surface area contributed by atoms with Crippen molar-refractivity contribution in [2.45, 2.75) is 33.2 Å². The topological polar surface area (TPSA) is 38.3 Å². The predicted molar refractivity (Wildman–Crippen MR) is 86.7 cm³/mol. The molecule has 20 heavy (non-hydrogen) atoms. The van der Waals surface area contributed by atoms with E-state index in [2.05, 4.69) is 44.3 Å². The van der Waals surface area contributed by atoms with Crippen molar-refractivity contribution in [1.82, 2.24) is 5.32 Å². The summed E-state index contributed by atoms with van der Waals surface area (Å²) < 4.78 is 17.2. The Morgan fingerprint density at radius 2 is 2.10 bits per heavy atom. The monoisotopic (exact) mass is 297 g/mol. The Morgan fingerprint density at radius 1 is 1.35 bits per heavy atom. The number of ether oxygens (including phenoxy) is 1. The van der Waals surface area contributed by atoms with Crippen LogP contribution >= 0.6 is 0 Å². The predicted octanol–water partition coefficient (Wildman–Crippen LogP) is 2.74. The van der Waals surface area contributed by atoms with Crippen LogP contribution in [0.15, 0.2) is 18.2 Å². The average Bonchev–Trinajstić information content (AvgIpc) is 2.38. The molecule has 2 unspecified atom stereocenters. The van der Waals surface area contributed by atoms with Crippen molar-refractivity contribution < 1.29 is 8.95 Å². The minimum atomic E-state index is -0.810. The van der Waals surface area contributed by atoms with Gasteiger partial charge in [-0.05, 0) is 37.9 Å². The van der Waals surface area contributed by atoms with Crippen LogP contribution in [0.4, 0.5) is 0 Å². The molecule has 1 N–H and O–H groups in total. The maximum Gasteiger partial charge on any atom is 0.0471 e. The average molecular weight is 297 g/mol. The van der Waals surface area contributed by atoms with Gasteiger partial charge in [0.1, 0.15) is 0 Å². The molecular weight excluding hydrogens is 270 g/mol. The highest BCUT2D eigenvalue weighted by Gasteiger charge is 2.16. The molecule has 0 aliphatic rings. The van der Waals surface area contributed by atoms with Gasteiger partial charge in [-0.25, -0.2) is 0 Å². The Balaban J connectivity index is 2.70. The highest BCUT2D eigenvalue weighted by Crippen LogP contribution is 2.20. The van der Waals surface area contributed by atoms with Crippen LogP contribution in [0.3, 0.4) is 0 Å². The van der Waals surface area contributed by atoms with Gasteiger partial charge in [0, 0.05) is 42.1 Å². The first-order chi connectivity index (χ1) is 9.58. The van der Waals surface area contributed by atoms with Crippen LogP contribution in [0.5, 0.6) is 0 Å². The van der Waals surface area contributed by atoms with Gasteiger partial charge in [-0.15, -0.1) is 0 Å². The minimum absolute atomic E-state index is 0.170. The molecule has 0 fully saturated rings. The van der Waals surface area contributed by atoms with Crippen LogP contribution in [-0.4, -0.2) is 36.0 Å². The molecule has 3 nitrogen and oxygen atoms in total. The van der Waals surface area contributed by atoms with Gasteiger partial charge in [-0.2, -0.15) is 0 Å². The molecule has 4 heteroatoms. The van der Waals surface area contributed by atoms with Crippen molar-refractivity contribution in [3.05, 3.63) is 34.9 Å². The lowest BCUT2D eigenvalue weighted by Gasteiger charge is -2.20. The minimum Gasteiger partial charge on any atom is -0.385 e. The molecule has 1 aromatic carbocycles. The van der Waals surface area contributed by atoms with Crippen molar-refractivity contribution in [3.63, 3.8) is 0 Å². The first-order valence-electron chi connectivity index (χ1n) is 7.23. The molecule has 0 aliphatic heterocycles. The lowest BCUT2D eigenvalue weighted by atomic mass is 10.0. The summed E-state index contributed by atoms with van der Waals surface area (Å²) in [5, 5.41) is 3.46. The van der Waals surface area contributed by atoms with Crippen molar-refractivity contribution >= 4 is 10.8 Å². The lowest BCUT2D eigenvalue weighted by molar-refractivity contribution is 0.200. The maximum atomic E-state index is 12.2. The summed E-state index contributed by atoms with van der Waals surface area (Å²) >= 11 is 0. The third kappa shape index (κ3) is 5.73. The third-order valence-corrected chi connectivity index (χ3v) is 4.77. The summed E-state index contributed by atoms with van der Waals surface area (Å²) in [6.07, 6.45) is 0.856. The number of hydrogen-bond donors (Lipinski definition) is 1. The summed E-state index contributed by atoms with van der Waals surface area (Å²) in [6, 6.07) is 6.64. The van der Waals surface area contributed by atoms with E-state index in [1.807, 2.05) is 0 Å². The molecule has 0 saturated heterocycles. The number of rotatable bonds is 9. The summed E-state index contributed by atoms with van der Waals surface area (Å²) in [5.74, 6) is 1.38. The van der Waals surface area contributed by atoms with Gasteiger partial charge < -0.3 is 10.1 Å². The normalized spacial score (nSPS) is 14.2. The Hall–Kier alpha value is -0.710. The molecule has 0 heterocycles. The molecule has 114 valence electrons. The molecule has 0 aromatic heterocycles. The molecule has 0 radical (unpaired) electrons. The fourth-order valence-electron chi connectivity index (χ4n) is 2.36. The lowest BCUT2D eigenvalue weighted by Crippen LogP contribution is -2.27. The molecule has 0 aliphatic carbocycles. The van der Waals surface area contributed by atoms with Crippen molar-refractivity contribution in [3.8, 4) is 0 Å². The number of methoxy groups -OCH3 is 1. The molecular formula is C16H27NO2S. The Bertz CT molecular complexity index is 434. The van der Waals surface area contributed by atoms with Gasteiger partial charge in [0.15, 0.2) is 0 Å². The van der Waals surface area contributed by atoms with Crippen molar-refractivity contribution in [1.29, 1.82) is 0 Å². The first kappa shape index (κ1) is 17.3. The van der Waals surface area contributed by atoms with E-state index in [0.717, 1.165) is 13.0 Å². The molecule has 0 amide bonds. The van der Waals surface area contributed by atoms with Gasteiger partial charge in [0.05, 0.1) is 0 Å². The number of hydrogen-bond acceptors (Lipinski definition) is 3. The zero-order valence-electron chi connectivity index (χ0n) is 13.1. The van der Waals surface area contributed by atoms with Crippen LogP contribution in [0.25, 0.3) is 0 Å². The van der Waals surface area contributed by atoms with Crippen LogP contribution in [0.1, 0.15) is 36.1 Å². The van der Waals surface area contributed by atoms with E-state index in [-0.39, 0.29) is 6.04 Å². The molecule has 2 atom stereocenters. The molecule has 1 rings (SSSR count). The second-order valence-corrected chi connectivity index (χ2v) is 6.75. The van der Waals surface area contributed by atoms with Gasteiger partial charge >= 0.3 is 0 Å². The standard InChI is InChI=1S/C16H27NO2S/c1-5-17-16(12-20(18)10-6-9-19-4)15-8-7-13(2)11-14(15)3/h7-8,11,16-17H,5-6,9-10,12H2,1-4H3. The van der Waals surface area contributed by atoms with E-state index in [1.165, 1.54) is 16.7 Å². The quantitative estimate of drug-likeness (QED) is 0.712. The highest BCUT2D eigenvalue weighted by molar-refractivity contribution is 7.85. The fraction of sp³-hybridized carbons (Fsp3) is 0.625. The van der Waals surface area contributed by atoms with Crippen LogP contribution in [0, 0.1) is 13.8 Å². The van der Waals surface area contributed by atoms with Gasteiger partial charge in [0.25, 0.3) is 0 Å². The van der Waals surface area contributed by atoms with E-state index in [4.69, 9.17) is 4.74 Å². The number of aryl methyl sites for hydroxylation is 2. The molecule has 0 spiro atoms. The summed E-state index contributed by atoms with van der Waals surface area (Å²) in [6.45, 7) is 7.88. The first-order valence-corrected chi connectivity index (χ1v) is 8.71. The van der Waals surface area contributed by atoms with Crippen LogP contribution in [0.2, 0.25) is 0 Å². The van der Waals surface area contributed by atoms with Crippen molar-refractivity contribution in [2.75, 3.05) is 31.8 Å². The van der Waals surface area contributed by atoms with Gasteiger partial charge in [-0.1, -0.05) is 30.7 Å². The molecule has 0 saturated carbocycles. The van der Waals surface area contributed by atoms with Crippen LogP contribution in [-0.2, 0) is 15.5 Å². The van der Waals surface area contributed by atoms with Gasteiger partial charge in [0.2, 0.25) is 0 Å². The zero-order valence-corrected chi connectivity index (χ0v) is 13.9. The third-order valence-electron chi connectivity index (χ3n) is 3.32. The maximum absolute atomic E-state index is 12.2. The smallest absolute Gasteiger partial charge is 0.0471 e. The van der Waals surface area contributed by atoms with Crippen LogP contribution < -0.4 is 5.32 Å². The molecule has 1 aromatic rings. The van der Waals surface area contributed by atoms with E-state index in [0.29, 0.717) is 18.1 Å². The van der Waals surface area contributed by atoms with Crippen molar-refractivity contribution in [2.24, 2.45) is 0 Å². The second kappa shape index (κ2) is 9.27. The highest BCUT2D eigenvalue weighted by atomic mass is 32.2. The summed E-state index contributed by atoms with van der Waals surface area (Å²) in [7, 11) is 0.871.